The quantitative estimate of drug-likeness (QED) is 0.759. The molecule has 0 unspecified atom stereocenters. The van der Waals surface area contributed by atoms with E-state index in [-0.39, 0.29) is 17.0 Å². The molecule has 1 aromatic carbocycles. The lowest BCUT2D eigenvalue weighted by Crippen LogP contribution is -2.39. The molecule has 132 valence electrons. The Morgan fingerprint density at radius 3 is 2.64 bits per heavy atom. The molecule has 4 rings (SSSR count). The standard InChI is InChI=1S/C21H24O4/c1-3-4-7-14-10-18(23)24-19-13(2)20-16(11-15(14)19)17(22)12-21(25-20)8-5-6-9-21/h10-11H,3-9,12H2,1-2H3. The smallest absolute Gasteiger partial charge is 0.336 e. The van der Waals surface area contributed by atoms with Gasteiger partial charge in [0.1, 0.15) is 16.9 Å². The number of hydrogen-bond acceptors (Lipinski definition) is 4. The highest BCUT2D eigenvalue weighted by Crippen LogP contribution is 2.46. The minimum absolute atomic E-state index is 0.154. The summed E-state index contributed by atoms with van der Waals surface area (Å²) in [5.74, 6) is 0.780. The minimum atomic E-state index is -0.345. The molecule has 2 aromatic rings. The van der Waals surface area contributed by atoms with Crippen LogP contribution in [0.2, 0.25) is 0 Å². The number of carbonyl (C=O) groups is 1. The number of hydrogen-bond donors (Lipinski definition) is 0. The van der Waals surface area contributed by atoms with Crippen LogP contribution in [0.3, 0.4) is 0 Å². The molecule has 4 nitrogen and oxygen atoms in total. The van der Waals surface area contributed by atoms with Gasteiger partial charge in [-0.25, -0.2) is 4.79 Å². The largest absolute Gasteiger partial charge is 0.486 e. The Morgan fingerprint density at radius 1 is 1.16 bits per heavy atom. The first-order chi connectivity index (χ1) is 12.0. The van der Waals surface area contributed by atoms with Crippen molar-refractivity contribution >= 4 is 16.8 Å². The predicted octanol–water partition coefficient (Wildman–Crippen LogP) is 4.72. The van der Waals surface area contributed by atoms with Gasteiger partial charge in [-0.2, -0.15) is 0 Å². The predicted molar refractivity (Wildman–Crippen MR) is 96.6 cm³/mol. The maximum atomic E-state index is 12.9. The lowest BCUT2D eigenvalue weighted by atomic mass is 9.86. The van der Waals surface area contributed by atoms with Gasteiger partial charge < -0.3 is 9.15 Å². The number of Topliss-reactive ketones (excluding diaryl/α,β-unsaturated/α-hetero) is 1. The highest BCUT2D eigenvalue weighted by Gasteiger charge is 2.43. The van der Waals surface area contributed by atoms with Gasteiger partial charge in [-0.3, -0.25) is 4.79 Å². The van der Waals surface area contributed by atoms with Gasteiger partial charge in [0, 0.05) is 17.0 Å². The lowest BCUT2D eigenvalue weighted by molar-refractivity contribution is 0.0446. The summed E-state index contributed by atoms with van der Waals surface area (Å²) in [7, 11) is 0. The zero-order valence-corrected chi connectivity index (χ0v) is 14.9. The summed E-state index contributed by atoms with van der Waals surface area (Å²) >= 11 is 0. The Hall–Kier alpha value is -2.10. The highest BCUT2D eigenvalue weighted by atomic mass is 16.5. The van der Waals surface area contributed by atoms with Gasteiger partial charge in [0.15, 0.2) is 5.78 Å². The summed E-state index contributed by atoms with van der Waals surface area (Å²) in [4.78, 5) is 24.9. The van der Waals surface area contributed by atoms with Crippen molar-refractivity contribution in [1.82, 2.24) is 0 Å². The molecule has 1 fully saturated rings. The first-order valence-electron chi connectivity index (χ1n) is 9.35. The zero-order chi connectivity index (χ0) is 17.6. The third-order valence-electron chi connectivity index (χ3n) is 5.72. The van der Waals surface area contributed by atoms with Crippen molar-refractivity contribution in [1.29, 1.82) is 0 Å². The topological polar surface area (TPSA) is 56.5 Å². The first-order valence-corrected chi connectivity index (χ1v) is 9.35. The molecular weight excluding hydrogens is 316 g/mol. The van der Waals surface area contributed by atoms with Gasteiger partial charge in [0.2, 0.25) is 0 Å². The van der Waals surface area contributed by atoms with E-state index in [0.717, 1.165) is 61.5 Å². The Bertz CT molecular complexity index is 900. The van der Waals surface area contributed by atoms with Gasteiger partial charge in [-0.15, -0.1) is 0 Å². The molecule has 2 heterocycles. The van der Waals surface area contributed by atoms with Crippen LogP contribution in [0.4, 0.5) is 0 Å². The normalized spacial score (nSPS) is 18.6. The van der Waals surface area contributed by atoms with E-state index in [1.807, 2.05) is 13.0 Å². The van der Waals surface area contributed by atoms with E-state index in [9.17, 15) is 9.59 Å². The fourth-order valence-corrected chi connectivity index (χ4v) is 4.35. The molecule has 0 amide bonds. The second kappa shape index (κ2) is 6.01. The number of aryl methyl sites for hydroxylation is 2. The van der Waals surface area contributed by atoms with Crippen molar-refractivity contribution in [3.8, 4) is 5.75 Å². The van der Waals surface area contributed by atoms with Crippen LogP contribution in [0.5, 0.6) is 5.75 Å². The summed E-state index contributed by atoms with van der Waals surface area (Å²) in [5, 5.41) is 0.878. The summed E-state index contributed by atoms with van der Waals surface area (Å²) in [6, 6.07) is 3.45. The number of unbranched alkanes of at least 4 members (excludes halogenated alkanes) is 1. The van der Waals surface area contributed by atoms with Crippen LogP contribution in [0.1, 0.15) is 73.4 Å². The SMILES string of the molecule is CCCCc1cc(=O)oc2c(C)c3c(cc12)C(=O)CC1(CCCC1)O3. The molecule has 0 saturated heterocycles. The fraction of sp³-hybridized carbons (Fsp3) is 0.524. The number of benzene rings is 1. The van der Waals surface area contributed by atoms with Crippen LogP contribution in [-0.2, 0) is 6.42 Å². The molecule has 1 aliphatic heterocycles. The Labute approximate surface area is 147 Å². The molecule has 0 N–H and O–H groups in total. The number of ketones is 1. The molecule has 0 radical (unpaired) electrons. The van der Waals surface area contributed by atoms with E-state index in [1.54, 1.807) is 6.07 Å². The van der Waals surface area contributed by atoms with Crippen molar-refractivity contribution in [3.63, 3.8) is 0 Å². The summed E-state index contributed by atoms with van der Waals surface area (Å²) in [5.41, 5.74) is 2.28. The van der Waals surface area contributed by atoms with Crippen LogP contribution < -0.4 is 10.4 Å². The second-order valence-corrected chi connectivity index (χ2v) is 7.54. The van der Waals surface area contributed by atoms with E-state index in [2.05, 4.69) is 6.92 Å². The number of fused-ring (bicyclic) bond motifs is 2. The van der Waals surface area contributed by atoms with E-state index >= 15 is 0 Å². The molecule has 4 heteroatoms. The Balaban J connectivity index is 1.91. The average Bonchev–Trinajstić information content (AvgIpc) is 3.02. The fourth-order valence-electron chi connectivity index (χ4n) is 4.35. The van der Waals surface area contributed by atoms with Crippen LogP contribution in [0.15, 0.2) is 21.3 Å². The van der Waals surface area contributed by atoms with Crippen LogP contribution in [0.25, 0.3) is 11.0 Å². The van der Waals surface area contributed by atoms with Gasteiger partial charge in [-0.1, -0.05) is 13.3 Å². The molecule has 1 aromatic heterocycles. The maximum Gasteiger partial charge on any atom is 0.336 e. The van der Waals surface area contributed by atoms with Crippen molar-refractivity contribution in [2.75, 3.05) is 0 Å². The molecule has 1 spiro atoms. The van der Waals surface area contributed by atoms with Crippen LogP contribution in [0, 0.1) is 6.92 Å². The monoisotopic (exact) mass is 340 g/mol. The Kier molecular flexibility index (Phi) is 3.94. The summed E-state index contributed by atoms with van der Waals surface area (Å²) in [6.07, 6.45) is 7.39. The summed E-state index contributed by atoms with van der Waals surface area (Å²) < 4.78 is 11.9. The van der Waals surface area contributed by atoms with Gasteiger partial charge in [0.05, 0.1) is 12.0 Å². The van der Waals surface area contributed by atoms with E-state index in [4.69, 9.17) is 9.15 Å². The molecule has 25 heavy (non-hydrogen) atoms. The third-order valence-corrected chi connectivity index (χ3v) is 5.72. The van der Waals surface area contributed by atoms with Gasteiger partial charge in [-0.05, 0) is 57.1 Å². The number of ether oxygens (including phenoxy) is 1. The van der Waals surface area contributed by atoms with Crippen LogP contribution in [-0.4, -0.2) is 11.4 Å². The summed E-state index contributed by atoms with van der Waals surface area (Å²) in [6.45, 7) is 4.02. The minimum Gasteiger partial charge on any atom is -0.486 e. The van der Waals surface area contributed by atoms with E-state index in [0.29, 0.717) is 23.3 Å². The molecule has 0 atom stereocenters. The molecule has 0 bridgehead atoms. The molecule has 2 aliphatic rings. The van der Waals surface area contributed by atoms with Crippen molar-refractivity contribution in [3.05, 3.63) is 39.2 Å². The van der Waals surface area contributed by atoms with E-state index in [1.165, 1.54) is 0 Å². The number of carbonyl (C=O) groups excluding carboxylic acids is 1. The number of rotatable bonds is 3. The highest BCUT2D eigenvalue weighted by molar-refractivity contribution is 6.05. The lowest BCUT2D eigenvalue weighted by Gasteiger charge is -2.35. The molecular formula is C21H24O4. The molecule has 1 saturated carbocycles. The van der Waals surface area contributed by atoms with Crippen molar-refractivity contribution < 1.29 is 13.9 Å². The average molecular weight is 340 g/mol. The molecule has 1 aliphatic carbocycles. The van der Waals surface area contributed by atoms with Crippen molar-refractivity contribution in [2.45, 2.75) is 70.8 Å². The van der Waals surface area contributed by atoms with E-state index < -0.39 is 0 Å². The first kappa shape index (κ1) is 16.4. The van der Waals surface area contributed by atoms with Crippen molar-refractivity contribution in [2.24, 2.45) is 0 Å². The Morgan fingerprint density at radius 2 is 1.92 bits per heavy atom. The second-order valence-electron chi connectivity index (χ2n) is 7.54. The zero-order valence-electron chi connectivity index (χ0n) is 14.9. The van der Waals surface area contributed by atoms with Gasteiger partial charge >= 0.3 is 5.63 Å². The van der Waals surface area contributed by atoms with Gasteiger partial charge in [0.25, 0.3) is 0 Å². The maximum absolute atomic E-state index is 12.9. The third kappa shape index (κ3) is 2.68. The van der Waals surface area contributed by atoms with Crippen LogP contribution >= 0.6 is 0 Å².